The van der Waals surface area contributed by atoms with Gasteiger partial charge in [-0.1, -0.05) is 27.5 Å². The Hall–Kier alpha value is -0.0900. The zero-order chi connectivity index (χ0) is 11.1. The summed E-state index contributed by atoms with van der Waals surface area (Å²) in [6, 6.07) is 3.97. The molecular weight excluding hydrogens is 289 g/mol. The number of nitrogens with one attached hydrogen (secondary N) is 1. The maximum Gasteiger partial charge on any atom is 0.0738 e. The molecular formula is C12H13BrClNO. The van der Waals surface area contributed by atoms with E-state index in [-0.39, 0.29) is 0 Å². The first-order valence-electron chi connectivity index (χ1n) is 5.56. The monoisotopic (exact) mass is 301 g/mol. The van der Waals surface area contributed by atoms with E-state index >= 15 is 0 Å². The van der Waals surface area contributed by atoms with Crippen molar-refractivity contribution in [3.63, 3.8) is 0 Å². The van der Waals surface area contributed by atoms with Crippen molar-refractivity contribution in [1.29, 1.82) is 0 Å². The lowest BCUT2D eigenvalue weighted by atomic mass is 9.84. The third-order valence-corrected chi connectivity index (χ3v) is 4.52. The first-order chi connectivity index (χ1) is 7.77. The predicted molar refractivity (Wildman–Crippen MR) is 68.0 cm³/mol. The van der Waals surface area contributed by atoms with Crippen LogP contribution < -0.4 is 5.32 Å². The van der Waals surface area contributed by atoms with Crippen LogP contribution in [0, 0.1) is 0 Å². The van der Waals surface area contributed by atoms with Gasteiger partial charge in [-0.25, -0.2) is 0 Å². The van der Waals surface area contributed by atoms with Crippen molar-refractivity contribution >= 4 is 27.5 Å². The average Bonchev–Trinajstić information content (AvgIpc) is 2.33. The summed E-state index contributed by atoms with van der Waals surface area (Å²) >= 11 is 9.86. The zero-order valence-electron chi connectivity index (χ0n) is 8.80. The smallest absolute Gasteiger partial charge is 0.0738 e. The summed E-state index contributed by atoms with van der Waals surface area (Å²) in [5, 5.41) is 4.25. The van der Waals surface area contributed by atoms with Crippen LogP contribution >= 0.6 is 27.5 Å². The van der Waals surface area contributed by atoms with Crippen LogP contribution in [0.5, 0.6) is 0 Å². The van der Waals surface area contributed by atoms with Crippen molar-refractivity contribution in [2.24, 2.45) is 0 Å². The summed E-state index contributed by atoms with van der Waals surface area (Å²) in [4.78, 5) is 0. The van der Waals surface area contributed by atoms with Crippen molar-refractivity contribution in [2.75, 3.05) is 13.1 Å². The van der Waals surface area contributed by atoms with Gasteiger partial charge in [0.05, 0.1) is 12.7 Å². The molecule has 0 radical (unpaired) electrons. The fourth-order valence-electron chi connectivity index (χ4n) is 2.67. The molecule has 2 nitrogen and oxygen atoms in total. The molecule has 2 heterocycles. The summed E-state index contributed by atoms with van der Waals surface area (Å²) < 4.78 is 7.06. The minimum Gasteiger partial charge on any atom is -0.373 e. The van der Waals surface area contributed by atoms with E-state index in [0.717, 1.165) is 34.6 Å². The molecule has 2 atom stereocenters. The molecule has 1 aromatic rings. The fourth-order valence-corrected chi connectivity index (χ4v) is 3.55. The number of ether oxygens (including phenoxy) is 1. The van der Waals surface area contributed by atoms with Crippen LogP contribution in [0.1, 0.15) is 23.5 Å². The Labute approximate surface area is 108 Å². The number of benzene rings is 1. The molecule has 0 aliphatic carbocycles. The number of hydrogen-bond donors (Lipinski definition) is 1. The highest BCUT2D eigenvalue weighted by atomic mass is 79.9. The van der Waals surface area contributed by atoms with E-state index in [1.54, 1.807) is 0 Å². The first-order valence-corrected chi connectivity index (χ1v) is 6.73. The lowest BCUT2D eigenvalue weighted by Gasteiger charge is -2.38. The number of fused-ring (bicyclic) bond motifs is 3. The highest BCUT2D eigenvalue weighted by Gasteiger charge is 2.34. The molecule has 16 heavy (non-hydrogen) atoms. The fraction of sp³-hybridized carbons (Fsp3) is 0.500. The van der Waals surface area contributed by atoms with Gasteiger partial charge in [0.1, 0.15) is 0 Å². The topological polar surface area (TPSA) is 21.3 Å². The van der Waals surface area contributed by atoms with Gasteiger partial charge in [0, 0.05) is 27.5 Å². The van der Waals surface area contributed by atoms with Crippen LogP contribution in [-0.2, 0) is 11.3 Å². The number of hydrogen-bond acceptors (Lipinski definition) is 2. The van der Waals surface area contributed by atoms with E-state index < -0.39 is 0 Å². The van der Waals surface area contributed by atoms with Gasteiger partial charge in [0.25, 0.3) is 0 Å². The van der Waals surface area contributed by atoms with Gasteiger partial charge < -0.3 is 10.1 Å². The summed E-state index contributed by atoms with van der Waals surface area (Å²) in [6.07, 6.45) is 1.44. The molecule has 2 aliphatic heterocycles. The molecule has 1 N–H and O–H groups in total. The molecule has 86 valence electrons. The summed E-state index contributed by atoms with van der Waals surface area (Å²) in [6.45, 7) is 2.68. The molecule has 1 saturated heterocycles. The van der Waals surface area contributed by atoms with Crippen LogP contribution in [0.25, 0.3) is 0 Å². The van der Waals surface area contributed by atoms with Crippen LogP contribution in [-0.4, -0.2) is 19.2 Å². The second-order valence-electron chi connectivity index (χ2n) is 4.37. The standard InChI is InChI=1S/C12H13BrClNO/c13-9-1-2-10(14)8-6-16-11-3-4-15-5-7(11)12(8)9/h1-2,7,11,15H,3-6H2/t7-,11+/m0/s1. The minimum absolute atomic E-state index is 0.350. The Balaban J connectivity index is 2.10. The van der Waals surface area contributed by atoms with Gasteiger partial charge in [0.15, 0.2) is 0 Å². The third kappa shape index (κ3) is 1.70. The van der Waals surface area contributed by atoms with Gasteiger partial charge in [-0.2, -0.15) is 0 Å². The van der Waals surface area contributed by atoms with Gasteiger partial charge >= 0.3 is 0 Å². The normalized spacial score (nSPS) is 28.4. The molecule has 0 bridgehead atoms. The Morgan fingerprint density at radius 3 is 3.19 bits per heavy atom. The Morgan fingerprint density at radius 1 is 1.44 bits per heavy atom. The van der Waals surface area contributed by atoms with Gasteiger partial charge in [-0.05, 0) is 30.7 Å². The second kappa shape index (κ2) is 4.30. The van der Waals surface area contributed by atoms with E-state index in [9.17, 15) is 0 Å². The quantitative estimate of drug-likeness (QED) is 0.795. The van der Waals surface area contributed by atoms with Crippen molar-refractivity contribution in [2.45, 2.75) is 25.0 Å². The van der Waals surface area contributed by atoms with Crippen molar-refractivity contribution in [3.8, 4) is 0 Å². The molecule has 2 aliphatic rings. The van der Waals surface area contributed by atoms with Crippen LogP contribution in [0.3, 0.4) is 0 Å². The molecule has 0 spiro atoms. The summed E-state index contributed by atoms with van der Waals surface area (Å²) in [5.74, 6) is 0.436. The second-order valence-corrected chi connectivity index (χ2v) is 5.63. The highest BCUT2D eigenvalue weighted by molar-refractivity contribution is 9.10. The minimum atomic E-state index is 0.350. The third-order valence-electron chi connectivity index (χ3n) is 3.48. The molecule has 0 amide bonds. The van der Waals surface area contributed by atoms with Crippen LogP contribution in [0.2, 0.25) is 5.02 Å². The Morgan fingerprint density at radius 2 is 2.31 bits per heavy atom. The zero-order valence-corrected chi connectivity index (χ0v) is 11.1. The average molecular weight is 303 g/mol. The summed E-state index contributed by atoms with van der Waals surface area (Å²) in [5.41, 5.74) is 2.50. The number of halogens is 2. The van der Waals surface area contributed by atoms with Crippen molar-refractivity contribution in [1.82, 2.24) is 5.32 Å². The van der Waals surface area contributed by atoms with E-state index in [1.165, 1.54) is 5.56 Å². The van der Waals surface area contributed by atoms with Gasteiger partial charge in [-0.15, -0.1) is 0 Å². The number of piperidine rings is 1. The Kier molecular flexibility index (Phi) is 2.96. The molecule has 3 rings (SSSR count). The molecule has 0 unspecified atom stereocenters. The predicted octanol–water partition coefficient (Wildman–Crippen LogP) is 3.08. The molecule has 0 aromatic heterocycles. The molecule has 4 heteroatoms. The lowest BCUT2D eigenvalue weighted by Crippen LogP contribution is -2.42. The van der Waals surface area contributed by atoms with E-state index in [1.807, 2.05) is 12.1 Å². The SMILES string of the molecule is Clc1ccc(Br)c2c1CO[C@@H]1CCNC[C@H]21. The number of rotatable bonds is 0. The van der Waals surface area contributed by atoms with E-state index in [4.69, 9.17) is 16.3 Å². The lowest BCUT2D eigenvalue weighted by molar-refractivity contribution is -0.00702. The molecule has 1 aromatic carbocycles. The van der Waals surface area contributed by atoms with Crippen LogP contribution in [0.15, 0.2) is 16.6 Å². The van der Waals surface area contributed by atoms with Crippen molar-refractivity contribution in [3.05, 3.63) is 32.8 Å². The van der Waals surface area contributed by atoms with E-state index in [2.05, 4.69) is 21.2 Å². The van der Waals surface area contributed by atoms with Gasteiger partial charge in [0.2, 0.25) is 0 Å². The molecule has 0 saturated carbocycles. The van der Waals surface area contributed by atoms with Crippen molar-refractivity contribution < 1.29 is 4.74 Å². The van der Waals surface area contributed by atoms with Crippen LogP contribution in [0.4, 0.5) is 0 Å². The maximum atomic E-state index is 6.22. The summed E-state index contributed by atoms with van der Waals surface area (Å²) in [7, 11) is 0. The van der Waals surface area contributed by atoms with Gasteiger partial charge in [-0.3, -0.25) is 0 Å². The Bertz CT molecular complexity index is 424. The highest BCUT2D eigenvalue weighted by Crippen LogP contribution is 2.41. The largest absolute Gasteiger partial charge is 0.373 e. The first kappa shape index (κ1) is 11.0. The maximum absolute atomic E-state index is 6.22. The molecule has 1 fully saturated rings. The van der Waals surface area contributed by atoms with E-state index in [0.29, 0.717) is 18.6 Å².